The lowest BCUT2D eigenvalue weighted by Gasteiger charge is -2.20. The van der Waals surface area contributed by atoms with Gasteiger partial charge in [0.1, 0.15) is 15.9 Å². The smallest absolute Gasteiger partial charge is 0.253 e. The van der Waals surface area contributed by atoms with Crippen molar-refractivity contribution in [1.82, 2.24) is 4.90 Å². The Kier molecular flexibility index (Phi) is 4.53. The van der Waals surface area contributed by atoms with Crippen LogP contribution in [0.2, 0.25) is 0 Å². The highest BCUT2D eigenvalue weighted by atomic mass is 32.1. The van der Waals surface area contributed by atoms with Crippen molar-refractivity contribution in [3.05, 3.63) is 10.4 Å². The number of nitrogens with one attached hydrogen (secondary N) is 1. The lowest BCUT2D eigenvalue weighted by molar-refractivity contribution is 0.100. The Balaban J connectivity index is 2.96. The van der Waals surface area contributed by atoms with E-state index in [-0.39, 0.29) is 17.3 Å². The molecule has 7 heteroatoms. The third-order valence-electron chi connectivity index (χ3n) is 2.73. The van der Waals surface area contributed by atoms with Crippen molar-refractivity contribution in [2.24, 2.45) is 5.73 Å². The van der Waals surface area contributed by atoms with Gasteiger partial charge in [-0.15, -0.1) is 11.3 Å². The fraction of sp³-hybridized carbons (Fsp3) is 0.455. The summed E-state index contributed by atoms with van der Waals surface area (Å²) < 4.78 is 0. The van der Waals surface area contributed by atoms with Crippen LogP contribution in [0.15, 0.2) is 0 Å². The normalized spacial score (nSPS) is 12.2. The molecule has 0 aliphatic carbocycles. The molecule has 5 N–H and O–H groups in total. The molecular formula is C11H17N5OS. The average Bonchev–Trinajstić information content (AvgIpc) is 2.62. The Hall–Kier alpha value is -1.78. The highest BCUT2D eigenvalue weighted by Crippen LogP contribution is 2.34. The lowest BCUT2D eigenvalue weighted by Crippen LogP contribution is -2.31. The van der Waals surface area contributed by atoms with Gasteiger partial charge in [0.15, 0.2) is 0 Å². The molecule has 98 valence electrons. The molecule has 6 nitrogen and oxygen atoms in total. The summed E-state index contributed by atoms with van der Waals surface area (Å²) in [5.74, 6) is -0.620. The second-order valence-corrected chi connectivity index (χ2v) is 5.24. The van der Waals surface area contributed by atoms with Gasteiger partial charge in [-0.05, 0) is 21.0 Å². The van der Waals surface area contributed by atoms with Crippen molar-refractivity contribution in [3.63, 3.8) is 0 Å². The first-order chi connectivity index (χ1) is 8.38. The van der Waals surface area contributed by atoms with Crippen LogP contribution in [0.1, 0.15) is 22.2 Å². The number of amides is 1. The van der Waals surface area contributed by atoms with Crippen molar-refractivity contribution in [2.75, 3.05) is 31.7 Å². The fourth-order valence-electron chi connectivity index (χ4n) is 1.32. The van der Waals surface area contributed by atoms with Crippen molar-refractivity contribution in [2.45, 2.75) is 13.0 Å². The molecule has 1 atom stereocenters. The number of carbonyl (C=O) groups excluding carboxylic acids is 1. The Morgan fingerprint density at radius 3 is 2.67 bits per heavy atom. The summed E-state index contributed by atoms with van der Waals surface area (Å²) in [5, 5.41) is 12.6. The number of primary amides is 1. The molecule has 0 saturated heterocycles. The van der Waals surface area contributed by atoms with Gasteiger partial charge in [0.05, 0.1) is 11.3 Å². The molecule has 1 unspecified atom stereocenters. The number of anilines is 2. The number of thiophene rings is 1. The third kappa shape index (κ3) is 2.91. The summed E-state index contributed by atoms with van der Waals surface area (Å²) in [7, 11) is 3.93. The predicted molar refractivity (Wildman–Crippen MR) is 73.6 cm³/mol. The molecule has 0 fully saturated rings. The molecule has 1 aromatic rings. The van der Waals surface area contributed by atoms with Gasteiger partial charge in [-0.1, -0.05) is 0 Å². The minimum atomic E-state index is -0.620. The SMILES string of the molecule is CC(CNc1sc(C#N)c(N)c1C(N)=O)N(C)C. The summed E-state index contributed by atoms with van der Waals surface area (Å²) in [6.45, 7) is 2.68. The minimum Gasteiger partial charge on any atom is -0.396 e. The maximum atomic E-state index is 11.3. The topological polar surface area (TPSA) is 108 Å². The van der Waals surface area contributed by atoms with Crippen LogP contribution in [-0.2, 0) is 0 Å². The number of nitrogens with zero attached hydrogens (tertiary/aromatic N) is 2. The van der Waals surface area contributed by atoms with Crippen LogP contribution < -0.4 is 16.8 Å². The highest BCUT2D eigenvalue weighted by molar-refractivity contribution is 7.17. The number of nitriles is 1. The number of nitrogens with two attached hydrogens (primary N) is 2. The van der Waals surface area contributed by atoms with Crippen LogP contribution in [0.3, 0.4) is 0 Å². The summed E-state index contributed by atoms with van der Waals surface area (Å²) in [6.07, 6.45) is 0. The zero-order valence-corrected chi connectivity index (χ0v) is 11.5. The van der Waals surface area contributed by atoms with Crippen LogP contribution in [0.5, 0.6) is 0 Å². The first-order valence-corrected chi connectivity index (χ1v) is 6.22. The van der Waals surface area contributed by atoms with Crippen LogP contribution in [-0.4, -0.2) is 37.5 Å². The van der Waals surface area contributed by atoms with Crippen molar-refractivity contribution < 1.29 is 4.79 Å². The molecule has 1 rings (SSSR count). The molecule has 0 aliphatic rings. The van der Waals surface area contributed by atoms with E-state index in [2.05, 4.69) is 5.32 Å². The standard InChI is InChI=1S/C11H17N5OS/c1-6(16(2)3)5-15-11-8(10(14)17)9(13)7(4-12)18-11/h6,15H,5,13H2,1-3H3,(H2,14,17). The Morgan fingerprint density at radius 1 is 1.61 bits per heavy atom. The van der Waals surface area contributed by atoms with E-state index in [4.69, 9.17) is 16.7 Å². The van der Waals surface area contributed by atoms with Crippen LogP contribution >= 0.6 is 11.3 Å². The van der Waals surface area contributed by atoms with Gasteiger partial charge in [-0.2, -0.15) is 5.26 Å². The van der Waals surface area contributed by atoms with Crippen LogP contribution in [0, 0.1) is 11.3 Å². The van der Waals surface area contributed by atoms with Gasteiger partial charge in [-0.3, -0.25) is 4.79 Å². The van der Waals surface area contributed by atoms with Crippen LogP contribution in [0.25, 0.3) is 0 Å². The molecule has 0 saturated carbocycles. The number of nitrogen functional groups attached to an aromatic ring is 1. The molecular weight excluding hydrogens is 250 g/mol. The Morgan fingerprint density at radius 2 is 2.22 bits per heavy atom. The highest BCUT2D eigenvalue weighted by Gasteiger charge is 2.20. The molecule has 1 aromatic heterocycles. The monoisotopic (exact) mass is 267 g/mol. The summed E-state index contributed by atoms with van der Waals surface area (Å²) in [5.41, 5.74) is 11.4. The van der Waals surface area contributed by atoms with E-state index in [9.17, 15) is 4.79 Å². The largest absolute Gasteiger partial charge is 0.396 e. The number of hydrogen-bond acceptors (Lipinski definition) is 6. The molecule has 0 radical (unpaired) electrons. The van der Waals surface area contributed by atoms with E-state index in [1.165, 1.54) is 0 Å². The zero-order chi connectivity index (χ0) is 13.9. The molecule has 1 amide bonds. The molecule has 0 aromatic carbocycles. The average molecular weight is 267 g/mol. The zero-order valence-electron chi connectivity index (χ0n) is 10.7. The van der Waals surface area contributed by atoms with Gasteiger partial charge in [0.2, 0.25) is 0 Å². The lowest BCUT2D eigenvalue weighted by atomic mass is 10.2. The van der Waals surface area contributed by atoms with Gasteiger partial charge in [0.25, 0.3) is 5.91 Å². The summed E-state index contributed by atoms with van der Waals surface area (Å²) >= 11 is 1.15. The molecule has 18 heavy (non-hydrogen) atoms. The van der Waals surface area contributed by atoms with E-state index < -0.39 is 5.91 Å². The van der Waals surface area contributed by atoms with E-state index in [1.54, 1.807) is 0 Å². The van der Waals surface area contributed by atoms with E-state index in [0.29, 0.717) is 16.4 Å². The Bertz CT molecular complexity index is 488. The number of likely N-dealkylation sites (N-methyl/N-ethyl adjacent to an activating group) is 1. The van der Waals surface area contributed by atoms with Gasteiger partial charge in [-0.25, -0.2) is 0 Å². The first kappa shape index (κ1) is 14.3. The van der Waals surface area contributed by atoms with Crippen LogP contribution in [0.4, 0.5) is 10.7 Å². The second kappa shape index (κ2) is 5.71. The van der Waals surface area contributed by atoms with E-state index in [1.807, 2.05) is 32.0 Å². The van der Waals surface area contributed by atoms with Gasteiger partial charge < -0.3 is 21.7 Å². The number of rotatable bonds is 5. The quantitative estimate of drug-likeness (QED) is 0.726. The van der Waals surface area contributed by atoms with Crippen molar-refractivity contribution >= 4 is 27.9 Å². The Labute approximate surface area is 110 Å². The summed E-state index contributed by atoms with van der Waals surface area (Å²) in [6, 6.07) is 2.23. The maximum Gasteiger partial charge on any atom is 0.253 e. The minimum absolute atomic E-state index is 0.162. The van der Waals surface area contributed by atoms with Crippen molar-refractivity contribution in [3.8, 4) is 6.07 Å². The summed E-state index contributed by atoms with van der Waals surface area (Å²) in [4.78, 5) is 13.7. The van der Waals surface area contributed by atoms with E-state index >= 15 is 0 Å². The molecule has 0 spiro atoms. The van der Waals surface area contributed by atoms with Gasteiger partial charge in [0, 0.05) is 12.6 Å². The second-order valence-electron chi connectivity index (χ2n) is 4.22. The van der Waals surface area contributed by atoms with E-state index in [0.717, 1.165) is 11.3 Å². The maximum absolute atomic E-state index is 11.3. The predicted octanol–water partition coefficient (Wildman–Crippen LogP) is 0.663. The fourth-order valence-corrected chi connectivity index (χ4v) is 2.25. The first-order valence-electron chi connectivity index (χ1n) is 5.41. The number of carbonyl (C=O) groups is 1. The molecule has 0 aliphatic heterocycles. The third-order valence-corrected chi connectivity index (χ3v) is 3.80. The molecule has 0 bridgehead atoms. The van der Waals surface area contributed by atoms with Crippen molar-refractivity contribution in [1.29, 1.82) is 5.26 Å². The molecule has 1 heterocycles. The van der Waals surface area contributed by atoms with Gasteiger partial charge >= 0.3 is 0 Å². The number of hydrogen-bond donors (Lipinski definition) is 3.